The largest absolute Gasteiger partial charge is 0.507 e. The third-order valence-corrected chi connectivity index (χ3v) is 5.79. The molecule has 3 rings (SSSR count). The summed E-state index contributed by atoms with van der Waals surface area (Å²) in [5, 5.41) is 19.5. The third kappa shape index (κ3) is 5.07. The molecule has 1 heterocycles. The summed E-state index contributed by atoms with van der Waals surface area (Å²) in [4.78, 5) is 15.1. The number of benzene rings is 2. The Morgan fingerprint density at radius 3 is 2.10 bits per heavy atom. The average Bonchev–Trinajstić information content (AvgIpc) is 3.00. The van der Waals surface area contributed by atoms with Gasteiger partial charge in [0.25, 0.3) is 0 Å². The molecule has 2 aromatic carbocycles. The number of amidine groups is 1. The molecule has 0 atom stereocenters. The first-order valence-corrected chi connectivity index (χ1v) is 10.9. The van der Waals surface area contributed by atoms with Crippen LogP contribution in [-0.4, -0.2) is 34.7 Å². The van der Waals surface area contributed by atoms with Crippen molar-refractivity contribution in [3.05, 3.63) is 70.3 Å². The zero-order chi connectivity index (χ0) is 23.0. The molecule has 0 aromatic heterocycles. The highest BCUT2D eigenvalue weighted by molar-refractivity contribution is 6.06. The van der Waals surface area contributed by atoms with Gasteiger partial charge in [-0.25, -0.2) is 0 Å². The maximum atomic E-state index is 13.2. The molecular formula is C27H34N2O2. The van der Waals surface area contributed by atoms with E-state index in [9.17, 15) is 9.90 Å². The van der Waals surface area contributed by atoms with Crippen LogP contribution < -0.4 is 0 Å². The van der Waals surface area contributed by atoms with Gasteiger partial charge < -0.3 is 10.0 Å². The predicted molar refractivity (Wildman–Crippen MR) is 128 cm³/mol. The molecule has 1 fully saturated rings. The van der Waals surface area contributed by atoms with Crippen molar-refractivity contribution in [3.8, 4) is 5.75 Å². The monoisotopic (exact) mass is 418 g/mol. The summed E-state index contributed by atoms with van der Waals surface area (Å²) >= 11 is 0. The van der Waals surface area contributed by atoms with E-state index in [4.69, 9.17) is 5.41 Å². The summed E-state index contributed by atoms with van der Waals surface area (Å²) < 4.78 is 0. The van der Waals surface area contributed by atoms with Crippen LogP contribution in [0.2, 0.25) is 0 Å². The van der Waals surface area contributed by atoms with Crippen LogP contribution in [0.1, 0.15) is 75.0 Å². The fourth-order valence-corrected chi connectivity index (χ4v) is 3.94. The summed E-state index contributed by atoms with van der Waals surface area (Å²) in [6.45, 7) is 13.1. The van der Waals surface area contributed by atoms with Gasteiger partial charge in [0.2, 0.25) is 0 Å². The maximum Gasteiger partial charge on any atom is 0.182 e. The lowest BCUT2D eigenvalue weighted by molar-refractivity contribution is 0.0965. The number of carbonyl (C=O) groups excluding carboxylic acids is 1. The van der Waals surface area contributed by atoms with E-state index in [-0.39, 0.29) is 28.9 Å². The van der Waals surface area contributed by atoms with Crippen molar-refractivity contribution in [2.45, 2.75) is 58.8 Å². The Morgan fingerprint density at radius 1 is 1.03 bits per heavy atom. The molecule has 2 N–H and O–H groups in total. The standard InChI is InChI=1S/C27H34N2O2/c1-26(2,3)21-15-20(16-22(24(21)31)27(4,5)6)23(30)17-29-13-12-19(25(29)28)14-18-10-8-7-9-11-18/h7-11,14-16,28,31H,12-13,17H2,1-6H3/b19-14-,28-25?. The molecular weight excluding hydrogens is 384 g/mol. The van der Waals surface area contributed by atoms with E-state index in [0.717, 1.165) is 28.7 Å². The minimum absolute atomic E-state index is 0.0262. The van der Waals surface area contributed by atoms with Crippen molar-refractivity contribution in [1.29, 1.82) is 5.41 Å². The van der Waals surface area contributed by atoms with Gasteiger partial charge in [-0.15, -0.1) is 0 Å². The van der Waals surface area contributed by atoms with Crippen LogP contribution in [0.3, 0.4) is 0 Å². The van der Waals surface area contributed by atoms with E-state index in [1.54, 1.807) is 0 Å². The molecule has 0 spiro atoms. The highest BCUT2D eigenvalue weighted by Crippen LogP contribution is 2.40. The number of ketones is 1. The van der Waals surface area contributed by atoms with Crippen molar-refractivity contribution in [3.63, 3.8) is 0 Å². The summed E-state index contributed by atoms with van der Waals surface area (Å²) in [6.07, 6.45) is 2.79. The van der Waals surface area contributed by atoms with Crippen LogP contribution in [0.4, 0.5) is 0 Å². The fourth-order valence-electron chi connectivity index (χ4n) is 3.94. The van der Waals surface area contributed by atoms with Crippen molar-refractivity contribution >= 4 is 17.7 Å². The lowest BCUT2D eigenvalue weighted by Crippen LogP contribution is -2.31. The zero-order valence-electron chi connectivity index (χ0n) is 19.5. The van der Waals surface area contributed by atoms with Gasteiger partial charge in [0.15, 0.2) is 5.78 Å². The molecule has 0 saturated carbocycles. The van der Waals surface area contributed by atoms with Crippen LogP contribution >= 0.6 is 0 Å². The molecule has 0 unspecified atom stereocenters. The Morgan fingerprint density at radius 2 is 1.58 bits per heavy atom. The predicted octanol–water partition coefficient (Wildman–Crippen LogP) is 5.94. The second kappa shape index (κ2) is 8.33. The first-order valence-electron chi connectivity index (χ1n) is 10.9. The summed E-state index contributed by atoms with van der Waals surface area (Å²) in [5.74, 6) is 0.670. The molecule has 0 aliphatic carbocycles. The molecule has 1 saturated heterocycles. The second-order valence-corrected chi connectivity index (χ2v) is 10.4. The van der Waals surface area contributed by atoms with Gasteiger partial charge in [0, 0.05) is 23.2 Å². The number of hydrogen-bond donors (Lipinski definition) is 2. The van der Waals surface area contributed by atoms with Gasteiger partial charge in [-0.1, -0.05) is 71.9 Å². The van der Waals surface area contributed by atoms with Crippen LogP contribution in [0.15, 0.2) is 48.0 Å². The lowest BCUT2D eigenvalue weighted by atomic mass is 9.78. The molecule has 2 aromatic rings. The Balaban J connectivity index is 1.87. The normalized spacial score (nSPS) is 16.3. The minimum Gasteiger partial charge on any atom is -0.507 e. The third-order valence-electron chi connectivity index (χ3n) is 5.79. The molecule has 0 amide bonds. The number of phenolic OH excluding ortho intramolecular Hbond substituents is 1. The number of nitrogens with one attached hydrogen (secondary N) is 1. The number of phenols is 1. The molecule has 4 nitrogen and oxygen atoms in total. The minimum atomic E-state index is -0.285. The molecule has 4 heteroatoms. The summed E-state index contributed by atoms with van der Waals surface area (Å²) in [5.41, 5.74) is 3.61. The van der Waals surface area contributed by atoms with Crippen LogP contribution in [-0.2, 0) is 10.8 Å². The average molecular weight is 419 g/mol. The van der Waals surface area contributed by atoms with Gasteiger partial charge in [0.1, 0.15) is 11.6 Å². The number of carbonyl (C=O) groups is 1. The van der Waals surface area contributed by atoms with Gasteiger partial charge in [0.05, 0.1) is 6.54 Å². The van der Waals surface area contributed by atoms with Gasteiger partial charge >= 0.3 is 0 Å². The Kier molecular flexibility index (Phi) is 6.13. The molecule has 1 aliphatic heterocycles. The van der Waals surface area contributed by atoms with Crippen LogP contribution in [0, 0.1) is 5.41 Å². The van der Waals surface area contributed by atoms with Crippen molar-refractivity contribution in [2.75, 3.05) is 13.1 Å². The smallest absolute Gasteiger partial charge is 0.182 e. The van der Waals surface area contributed by atoms with E-state index in [2.05, 4.69) is 0 Å². The van der Waals surface area contributed by atoms with Gasteiger partial charge in [-0.3, -0.25) is 10.2 Å². The fraction of sp³-hybridized carbons (Fsp3) is 0.407. The van der Waals surface area contributed by atoms with Crippen LogP contribution in [0.5, 0.6) is 5.75 Å². The summed E-state index contributed by atoms with van der Waals surface area (Å²) in [6, 6.07) is 13.6. The molecule has 164 valence electrons. The van der Waals surface area contributed by atoms with E-state index < -0.39 is 0 Å². The molecule has 1 aliphatic rings. The quantitative estimate of drug-likeness (QED) is 0.604. The van der Waals surface area contributed by atoms with Crippen molar-refractivity contribution < 1.29 is 9.90 Å². The number of Topliss-reactive ketones (excluding diaryl/α,β-unsaturated/α-hetero) is 1. The maximum absolute atomic E-state index is 13.2. The van der Waals surface area contributed by atoms with Crippen molar-refractivity contribution in [2.24, 2.45) is 0 Å². The topological polar surface area (TPSA) is 64.4 Å². The van der Waals surface area contributed by atoms with E-state index in [1.165, 1.54) is 0 Å². The van der Waals surface area contributed by atoms with Crippen molar-refractivity contribution in [1.82, 2.24) is 4.90 Å². The number of rotatable bonds is 4. The summed E-state index contributed by atoms with van der Waals surface area (Å²) in [7, 11) is 0. The molecule has 0 bridgehead atoms. The van der Waals surface area contributed by atoms with Crippen LogP contribution in [0.25, 0.3) is 6.08 Å². The number of hydrogen-bond acceptors (Lipinski definition) is 3. The van der Waals surface area contributed by atoms with E-state index >= 15 is 0 Å². The second-order valence-electron chi connectivity index (χ2n) is 10.4. The first-order chi connectivity index (χ1) is 14.4. The highest BCUT2D eigenvalue weighted by atomic mass is 16.3. The van der Waals surface area contributed by atoms with Gasteiger partial charge in [-0.05, 0) is 46.6 Å². The highest BCUT2D eigenvalue weighted by Gasteiger charge is 2.29. The van der Waals surface area contributed by atoms with E-state index in [1.807, 2.05) is 95.0 Å². The van der Waals surface area contributed by atoms with E-state index in [0.29, 0.717) is 17.9 Å². The Labute approximate surface area is 186 Å². The van der Waals surface area contributed by atoms with Gasteiger partial charge in [-0.2, -0.15) is 0 Å². The Bertz CT molecular complexity index is 986. The Hall–Kier alpha value is -2.88. The SMILES string of the molecule is CC(C)(C)c1cc(C(=O)CN2CC/C(=C/c3ccccc3)C2=N)cc(C(C)(C)C)c1O. The lowest BCUT2D eigenvalue weighted by Gasteiger charge is -2.28. The molecule has 31 heavy (non-hydrogen) atoms. The number of nitrogens with zero attached hydrogens (tertiary/aromatic N) is 1. The number of likely N-dealkylation sites (tertiary alicyclic amines) is 1. The zero-order valence-corrected chi connectivity index (χ0v) is 19.5. The first kappa shape index (κ1) is 22.8. The number of aromatic hydroxyl groups is 1. The molecule has 0 radical (unpaired) electrons.